The van der Waals surface area contributed by atoms with Crippen LogP contribution in [0.3, 0.4) is 0 Å². The molecule has 1 nitrogen and oxygen atoms in total. The van der Waals surface area contributed by atoms with Gasteiger partial charge in [0.2, 0.25) is 0 Å². The molecule has 0 spiro atoms. The first-order valence-electron chi connectivity index (χ1n) is 11.4. The molecule has 0 N–H and O–H groups in total. The van der Waals surface area contributed by atoms with Crippen molar-refractivity contribution < 1.29 is 4.74 Å². The summed E-state index contributed by atoms with van der Waals surface area (Å²) in [7, 11) is 0. The lowest BCUT2D eigenvalue weighted by atomic mass is 9.80. The van der Waals surface area contributed by atoms with Gasteiger partial charge in [0.1, 0.15) is 5.75 Å². The minimum absolute atomic E-state index is 0.734. The zero-order valence-electron chi connectivity index (χ0n) is 18.4. The lowest BCUT2D eigenvalue weighted by Gasteiger charge is -2.29. The van der Waals surface area contributed by atoms with E-state index >= 15 is 0 Å². The van der Waals surface area contributed by atoms with Crippen molar-refractivity contribution in [3.8, 4) is 16.9 Å². The van der Waals surface area contributed by atoms with E-state index in [0.717, 1.165) is 24.2 Å². The molecule has 0 unspecified atom stereocenters. The van der Waals surface area contributed by atoms with E-state index in [2.05, 4.69) is 64.1 Å². The molecule has 0 amide bonds. The quantitative estimate of drug-likeness (QED) is 0.422. The molecule has 2 aromatic carbocycles. The molecular formula is C27H38O. The van der Waals surface area contributed by atoms with Crippen LogP contribution in [0.15, 0.2) is 36.4 Å². The largest absolute Gasteiger partial charge is 0.493 e. The highest BCUT2D eigenvalue weighted by atomic mass is 16.5. The van der Waals surface area contributed by atoms with E-state index in [9.17, 15) is 0 Å². The average molecular weight is 379 g/mol. The van der Waals surface area contributed by atoms with Gasteiger partial charge in [0, 0.05) is 0 Å². The molecule has 3 rings (SSSR count). The van der Waals surface area contributed by atoms with Gasteiger partial charge in [-0.25, -0.2) is 0 Å². The third kappa shape index (κ3) is 5.63. The molecule has 0 bridgehead atoms. The first-order chi connectivity index (χ1) is 13.6. The Hall–Kier alpha value is -1.76. The van der Waals surface area contributed by atoms with Gasteiger partial charge in [0.25, 0.3) is 0 Å². The lowest BCUT2D eigenvalue weighted by molar-refractivity contribution is 0.176. The molecule has 1 saturated carbocycles. The zero-order valence-corrected chi connectivity index (χ0v) is 18.4. The predicted molar refractivity (Wildman–Crippen MR) is 121 cm³/mol. The van der Waals surface area contributed by atoms with Gasteiger partial charge in [0.15, 0.2) is 0 Å². The van der Waals surface area contributed by atoms with Crippen molar-refractivity contribution in [3.05, 3.63) is 53.1 Å². The summed E-state index contributed by atoms with van der Waals surface area (Å²) in [5.74, 6) is 2.80. The molecule has 0 radical (unpaired) electrons. The minimum atomic E-state index is 0.734. The van der Waals surface area contributed by atoms with Gasteiger partial charge in [-0.15, -0.1) is 0 Å². The van der Waals surface area contributed by atoms with Crippen molar-refractivity contribution in [2.45, 2.75) is 79.1 Å². The SMILES string of the molecule is CCCCCC1CCC(COc2c(C)cc(-c3ccc(C)cc3)cc2C)CC1. The highest BCUT2D eigenvalue weighted by Crippen LogP contribution is 2.34. The van der Waals surface area contributed by atoms with Crippen LogP contribution in [0.4, 0.5) is 0 Å². The number of unbranched alkanes of at least 4 members (excludes halogenated alkanes) is 2. The number of aryl methyl sites for hydroxylation is 3. The molecule has 28 heavy (non-hydrogen) atoms. The van der Waals surface area contributed by atoms with Crippen LogP contribution in [0.1, 0.15) is 75.0 Å². The van der Waals surface area contributed by atoms with Gasteiger partial charge in [-0.05, 0) is 79.8 Å². The molecule has 0 aliphatic heterocycles. The molecule has 1 aliphatic rings. The smallest absolute Gasteiger partial charge is 0.125 e. The summed E-state index contributed by atoms with van der Waals surface area (Å²) < 4.78 is 6.35. The van der Waals surface area contributed by atoms with Crippen LogP contribution < -0.4 is 4.74 Å². The van der Waals surface area contributed by atoms with E-state index in [4.69, 9.17) is 4.74 Å². The Morgan fingerprint density at radius 3 is 2.00 bits per heavy atom. The average Bonchev–Trinajstić information content (AvgIpc) is 2.69. The van der Waals surface area contributed by atoms with Crippen molar-refractivity contribution in [1.82, 2.24) is 0 Å². The van der Waals surface area contributed by atoms with Crippen molar-refractivity contribution in [2.24, 2.45) is 11.8 Å². The third-order valence-corrected chi connectivity index (χ3v) is 6.49. The summed E-state index contributed by atoms with van der Waals surface area (Å²) >= 11 is 0. The molecule has 1 fully saturated rings. The Kier molecular flexibility index (Phi) is 7.59. The topological polar surface area (TPSA) is 9.23 Å². The normalized spacial score (nSPS) is 19.6. The van der Waals surface area contributed by atoms with E-state index in [-0.39, 0.29) is 0 Å². The van der Waals surface area contributed by atoms with Gasteiger partial charge in [-0.3, -0.25) is 0 Å². The van der Waals surface area contributed by atoms with E-state index in [1.807, 2.05) is 0 Å². The summed E-state index contributed by atoms with van der Waals surface area (Å²) in [6.07, 6.45) is 11.1. The maximum atomic E-state index is 6.35. The second-order valence-corrected chi connectivity index (χ2v) is 9.00. The van der Waals surface area contributed by atoms with Crippen LogP contribution in [-0.4, -0.2) is 6.61 Å². The molecular weight excluding hydrogens is 340 g/mol. The number of ether oxygens (including phenoxy) is 1. The standard InChI is InChI=1S/C27H38O/c1-5-6-7-8-23-11-13-24(14-12-23)19-28-27-21(3)17-26(18-22(27)4)25-15-9-20(2)10-16-25/h9-10,15-18,23-24H,5-8,11-14,19H2,1-4H3. The second kappa shape index (κ2) is 10.1. The zero-order chi connectivity index (χ0) is 19.9. The first kappa shape index (κ1) is 21.0. The number of hydrogen-bond acceptors (Lipinski definition) is 1. The Labute approximate surface area is 172 Å². The van der Waals surface area contributed by atoms with Gasteiger partial charge in [-0.2, -0.15) is 0 Å². The fourth-order valence-corrected chi connectivity index (χ4v) is 4.66. The van der Waals surface area contributed by atoms with E-state index in [1.165, 1.54) is 79.2 Å². The summed E-state index contributed by atoms with van der Waals surface area (Å²) in [6.45, 7) is 9.68. The fourth-order valence-electron chi connectivity index (χ4n) is 4.66. The second-order valence-electron chi connectivity index (χ2n) is 9.00. The highest BCUT2D eigenvalue weighted by Gasteiger charge is 2.22. The molecule has 0 atom stereocenters. The van der Waals surface area contributed by atoms with Crippen molar-refractivity contribution in [3.63, 3.8) is 0 Å². The van der Waals surface area contributed by atoms with Gasteiger partial charge >= 0.3 is 0 Å². The highest BCUT2D eigenvalue weighted by molar-refractivity contribution is 5.67. The summed E-state index contributed by atoms with van der Waals surface area (Å²) in [6, 6.07) is 13.3. The summed E-state index contributed by atoms with van der Waals surface area (Å²) in [4.78, 5) is 0. The molecule has 1 heteroatoms. The molecule has 1 aliphatic carbocycles. The Morgan fingerprint density at radius 1 is 0.786 bits per heavy atom. The molecule has 152 valence electrons. The molecule has 0 heterocycles. The summed E-state index contributed by atoms with van der Waals surface area (Å²) in [5.41, 5.74) is 6.38. The number of rotatable bonds is 8. The van der Waals surface area contributed by atoms with Crippen molar-refractivity contribution >= 4 is 0 Å². The molecule has 2 aromatic rings. The van der Waals surface area contributed by atoms with Crippen LogP contribution in [0, 0.1) is 32.6 Å². The molecule has 0 aromatic heterocycles. The van der Waals surface area contributed by atoms with E-state index in [0.29, 0.717) is 0 Å². The Morgan fingerprint density at radius 2 is 1.39 bits per heavy atom. The Bertz CT molecular complexity index is 712. The lowest BCUT2D eigenvalue weighted by Crippen LogP contribution is -2.20. The summed E-state index contributed by atoms with van der Waals surface area (Å²) in [5, 5.41) is 0. The first-order valence-corrected chi connectivity index (χ1v) is 11.4. The van der Waals surface area contributed by atoms with Crippen molar-refractivity contribution in [1.29, 1.82) is 0 Å². The van der Waals surface area contributed by atoms with Crippen LogP contribution in [0.25, 0.3) is 11.1 Å². The van der Waals surface area contributed by atoms with E-state index in [1.54, 1.807) is 0 Å². The fraction of sp³-hybridized carbons (Fsp3) is 0.556. The maximum Gasteiger partial charge on any atom is 0.125 e. The Balaban J connectivity index is 1.54. The third-order valence-electron chi connectivity index (χ3n) is 6.49. The monoisotopic (exact) mass is 378 g/mol. The van der Waals surface area contributed by atoms with Crippen LogP contribution >= 0.6 is 0 Å². The predicted octanol–water partition coefficient (Wildman–Crippen LogP) is 8.04. The van der Waals surface area contributed by atoms with Gasteiger partial charge < -0.3 is 4.74 Å². The number of benzene rings is 2. The van der Waals surface area contributed by atoms with Gasteiger partial charge in [-0.1, -0.05) is 75.3 Å². The van der Waals surface area contributed by atoms with Crippen LogP contribution in [-0.2, 0) is 0 Å². The van der Waals surface area contributed by atoms with Crippen LogP contribution in [0.5, 0.6) is 5.75 Å². The van der Waals surface area contributed by atoms with E-state index < -0.39 is 0 Å². The number of hydrogen-bond donors (Lipinski definition) is 0. The van der Waals surface area contributed by atoms with Crippen LogP contribution in [0.2, 0.25) is 0 Å². The van der Waals surface area contributed by atoms with Gasteiger partial charge in [0.05, 0.1) is 6.61 Å². The van der Waals surface area contributed by atoms with Crippen molar-refractivity contribution in [2.75, 3.05) is 6.61 Å². The maximum absolute atomic E-state index is 6.35. The molecule has 0 saturated heterocycles. The minimum Gasteiger partial charge on any atom is -0.493 e.